The highest BCUT2D eigenvalue weighted by Gasteiger charge is 1.71. The van der Waals surface area contributed by atoms with E-state index in [0.29, 0.717) is 13.2 Å². The van der Waals surface area contributed by atoms with Crippen molar-refractivity contribution in [2.75, 3.05) is 13.2 Å². The second-order valence-corrected chi connectivity index (χ2v) is 0.991. The van der Waals surface area contributed by atoms with Crippen molar-refractivity contribution in [3.8, 4) is 0 Å². The number of hydrogen-bond donors (Lipinski definition) is 2. The van der Waals surface area contributed by atoms with Gasteiger partial charge in [0.05, 0.1) is 6.61 Å². The lowest BCUT2D eigenvalue weighted by atomic mass is 10.8. The Morgan fingerprint density at radius 1 is 1.83 bits per heavy atom. The molecular weight excluding hydrogens is 99.0 g/mol. The number of rotatable bonds is 3. The molecule has 0 spiro atoms. The molecule has 1 unspecified atom stereocenters. The third-order valence-corrected chi connectivity index (χ3v) is 0.470. The summed E-state index contributed by atoms with van der Waals surface area (Å²) in [5, 5.41) is 2.41. The second kappa shape index (κ2) is 5.31. The normalized spacial score (nSPS) is 9.00. The predicted molar refractivity (Wildman–Crippen MR) is 27.9 cm³/mol. The minimum absolute atomic E-state index is 0.557. The summed E-state index contributed by atoms with van der Waals surface area (Å²) in [5.74, 6) is 0. The summed E-state index contributed by atoms with van der Waals surface area (Å²) in [7, 11) is 2.20. The standard InChI is InChI=1S/C2H9N2OP/c3-1-2-5-4-6/h4H,1-3,6H2. The third-order valence-electron chi connectivity index (χ3n) is 0.303. The van der Waals surface area contributed by atoms with Gasteiger partial charge in [-0.1, -0.05) is 0 Å². The molecule has 0 aromatic carbocycles. The van der Waals surface area contributed by atoms with Crippen LogP contribution in [0.5, 0.6) is 0 Å². The van der Waals surface area contributed by atoms with Gasteiger partial charge in [0.15, 0.2) is 0 Å². The maximum absolute atomic E-state index is 5.04. The van der Waals surface area contributed by atoms with Gasteiger partial charge in [-0.2, -0.15) is 5.25 Å². The molecule has 0 radical (unpaired) electrons. The van der Waals surface area contributed by atoms with Crippen molar-refractivity contribution in [3.05, 3.63) is 0 Å². The SMILES string of the molecule is NCCONP. The molecule has 4 heteroatoms. The lowest BCUT2D eigenvalue weighted by molar-refractivity contribution is 0.107. The molecule has 0 saturated heterocycles. The van der Waals surface area contributed by atoms with Gasteiger partial charge in [-0.3, -0.25) is 4.84 Å². The lowest BCUT2D eigenvalue weighted by Gasteiger charge is -1.93. The Labute approximate surface area is 39.4 Å². The summed E-state index contributed by atoms with van der Waals surface area (Å²) >= 11 is 0. The van der Waals surface area contributed by atoms with Gasteiger partial charge in [-0.15, -0.1) is 0 Å². The lowest BCUT2D eigenvalue weighted by Crippen LogP contribution is -2.11. The van der Waals surface area contributed by atoms with Crippen LogP contribution in [0.4, 0.5) is 0 Å². The second-order valence-electron chi connectivity index (χ2n) is 0.755. The Hall–Kier alpha value is 0.310. The van der Waals surface area contributed by atoms with Crippen molar-refractivity contribution in [3.63, 3.8) is 0 Å². The van der Waals surface area contributed by atoms with E-state index in [1.165, 1.54) is 0 Å². The molecule has 0 saturated carbocycles. The molecule has 0 aliphatic heterocycles. The summed E-state index contributed by atoms with van der Waals surface area (Å²) in [6.45, 7) is 1.12. The molecule has 3 nitrogen and oxygen atoms in total. The van der Waals surface area contributed by atoms with Crippen LogP contribution < -0.4 is 11.0 Å². The van der Waals surface area contributed by atoms with Crippen molar-refractivity contribution in [2.45, 2.75) is 0 Å². The van der Waals surface area contributed by atoms with Crippen LogP contribution in [0.2, 0.25) is 0 Å². The van der Waals surface area contributed by atoms with E-state index in [2.05, 4.69) is 19.5 Å². The minimum atomic E-state index is 0.557. The molecule has 0 aliphatic carbocycles. The third kappa shape index (κ3) is 4.31. The van der Waals surface area contributed by atoms with E-state index in [4.69, 9.17) is 5.73 Å². The van der Waals surface area contributed by atoms with Crippen LogP contribution in [0.15, 0.2) is 0 Å². The first-order chi connectivity index (χ1) is 2.91. The number of hydrogen-bond acceptors (Lipinski definition) is 3. The van der Waals surface area contributed by atoms with Crippen molar-refractivity contribution in [1.82, 2.24) is 5.25 Å². The maximum atomic E-state index is 5.04. The van der Waals surface area contributed by atoms with Gasteiger partial charge in [0, 0.05) is 6.54 Å². The van der Waals surface area contributed by atoms with Crippen LogP contribution in [0.3, 0.4) is 0 Å². The maximum Gasteiger partial charge on any atom is 0.0808 e. The fourth-order valence-corrected chi connectivity index (χ4v) is 0.236. The van der Waals surface area contributed by atoms with Crippen LogP contribution in [-0.2, 0) is 4.84 Å². The molecule has 6 heavy (non-hydrogen) atoms. The van der Waals surface area contributed by atoms with E-state index >= 15 is 0 Å². The van der Waals surface area contributed by atoms with E-state index in [1.54, 1.807) is 0 Å². The van der Waals surface area contributed by atoms with Crippen molar-refractivity contribution in [2.24, 2.45) is 5.73 Å². The average Bonchev–Trinajstić information content (AvgIpc) is 1.61. The first kappa shape index (κ1) is 6.31. The topological polar surface area (TPSA) is 47.3 Å². The molecule has 0 amide bonds. The Balaban J connectivity index is 2.34. The Morgan fingerprint density at radius 2 is 2.50 bits per heavy atom. The van der Waals surface area contributed by atoms with Gasteiger partial charge < -0.3 is 5.73 Å². The summed E-state index contributed by atoms with van der Waals surface area (Å²) in [6.07, 6.45) is 0. The number of nitrogens with two attached hydrogens (primary N) is 1. The minimum Gasteiger partial charge on any atom is -0.328 e. The highest BCUT2D eigenvalue weighted by Crippen LogP contribution is 1.66. The Morgan fingerprint density at radius 3 is 2.67 bits per heavy atom. The van der Waals surface area contributed by atoms with Crippen molar-refractivity contribution >= 4 is 9.39 Å². The van der Waals surface area contributed by atoms with E-state index in [1.807, 2.05) is 0 Å². The fraction of sp³-hybridized carbons (Fsp3) is 1.00. The monoisotopic (exact) mass is 108 g/mol. The van der Waals surface area contributed by atoms with Crippen LogP contribution >= 0.6 is 9.39 Å². The van der Waals surface area contributed by atoms with E-state index in [0.717, 1.165) is 0 Å². The molecule has 0 fully saturated rings. The van der Waals surface area contributed by atoms with Crippen LogP contribution in [0.1, 0.15) is 0 Å². The van der Waals surface area contributed by atoms with Gasteiger partial charge in [0.25, 0.3) is 0 Å². The van der Waals surface area contributed by atoms with Gasteiger partial charge in [0.1, 0.15) is 0 Å². The quantitative estimate of drug-likeness (QED) is 0.284. The smallest absolute Gasteiger partial charge is 0.0808 e. The zero-order valence-electron chi connectivity index (χ0n) is 3.48. The molecule has 3 N–H and O–H groups in total. The van der Waals surface area contributed by atoms with Gasteiger partial charge in [-0.25, -0.2) is 0 Å². The molecule has 38 valence electrons. The first-order valence-electron chi connectivity index (χ1n) is 1.69. The van der Waals surface area contributed by atoms with E-state index in [-0.39, 0.29) is 0 Å². The van der Waals surface area contributed by atoms with Crippen molar-refractivity contribution < 1.29 is 4.84 Å². The summed E-state index contributed by atoms with van der Waals surface area (Å²) in [5.41, 5.74) is 5.04. The van der Waals surface area contributed by atoms with Gasteiger partial charge in [0.2, 0.25) is 0 Å². The molecule has 0 aromatic heterocycles. The highest BCUT2D eigenvalue weighted by molar-refractivity contribution is 7.13. The summed E-state index contributed by atoms with van der Waals surface area (Å²) in [4.78, 5) is 4.57. The molecule has 0 heterocycles. The Kier molecular flexibility index (Phi) is 5.58. The average molecular weight is 108 g/mol. The van der Waals surface area contributed by atoms with Gasteiger partial charge >= 0.3 is 0 Å². The predicted octanol–water partition coefficient (Wildman–Crippen LogP) is -0.744. The fourth-order valence-electron chi connectivity index (χ4n) is 0.118. The summed E-state index contributed by atoms with van der Waals surface area (Å²) in [6, 6.07) is 0. The molecule has 0 bridgehead atoms. The highest BCUT2D eigenvalue weighted by atomic mass is 31.0. The van der Waals surface area contributed by atoms with E-state index in [9.17, 15) is 0 Å². The first-order valence-corrected chi connectivity index (χ1v) is 2.27. The molecule has 1 atom stereocenters. The molecular formula is C2H9N2OP. The largest absolute Gasteiger partial charge is 0.328 e. The molecule has 0 aromatic rings. The zero-order valence-corrected chi connectivity index (χ0v) is 4.63. The van der Waals surface area contributed by atoms with Crippen molar-refractivity contribution in [1.29, 1.82) is 0 Å². The van der Waals surface area contributed by atoms with Crippen LogP contribution in [0, 0.1) is 0 Å². The van der Waals surface area contributed by atoms with Gasteiger partial charge in [-0.05, 0) is 9.39 Å². The zero-order chi connectivity index (χ0) is 4.83. The van der Waals surface area contributed by atoms with Crippen LogP contribution in [-0.4, -0.2) is 13.2 Å². The molecule has 0 aliphatic rings. The number of nitrogens with one attached hydrogen (secondary N) is 1. The Bertz CT molecular complexity index is 23.5. The van der Waals surface area contributed by atoms with Crippen LogP contribution in [0.25, 0.3) is 0 Å². The van der Waals surface area contributed by atoms with E-state index < -0.39 is 0 Å². The molecule has 0 rings (SSSR count). The summed E-state index contributed by atoms with van der Waals surface area (Å²) < 4.78 is 0.